The number of amides is 2. The normalized spacial score (nSPS) is 11.9. The fourth-order valence-electron chi connectivity index (χ4n) is 3.04. The first-order valence-corrected chi connectivity index (χ1v) is 7.47. The van der Waals surface area contributed by atoms with Gasteiger partial charge in [-0.3, -0.25) is 9.20 Å². The van der Waals surface area contributed by atoms with Crippen molar-refractivity contribution >= 4 is 23.3 Å². The molecule has 2 heterocycles. The van der Waals surface area contributed by atoms with Gasteiger partial charge >= 0.3 is 12.0 Å². The van der Waals surface area contributed by atoms with Crippen molar-refractivity contribution in [3.8, 4) is 11.3 Å². The molecule has 4 rings (SSSR count). The Morgan fingerprint density at radius 2 is 2.16 bits per heavy atom. The van der Waals surface area contributed by atoms with Crippen molar-refractivity contribution in [1.82, 2.24) is 19.7 Å². The monoisotopic (exact) mass is 339 g/mol. The highest BCUT2D eigenvalue weighted by Crippen LogP contribution is 2.36. The van der Waals surface area contributed by atoms with E-state index in [1.165, 1.54) is 17.6 Å². The molecule has 3 aromatic rings. The number of anilines is 1. The van der Waals surface area contributed by atoms with Crippen molar-refractivity contribution in [2.24, 2.45) is 0 Å². The number of nitrogens with one attached hydrogen (secondary N) is 3. The minimum absolute atomic E-state index is 0.0488. The topological polar surface area (TPSA) is 129 Å². The summed E-state index contributed by atoms with van der Waals surface area (Å²) in [5.74, 6) is -1.19. The number of carboxylic acid groups (broad SMARTS) is 1. The molecule has 0 saturated carbocycles. The maximum absolute atomic E-state index is 12.2. The summed E-state index contributed by atoms with van der Waals surface area (Å²) >= 11 is 0. The zero-order valence-corrected chi connectivity index (χ0v) is 13.1. The molecule has 1 aliphatic carbocycles. The molecule has 126 valence electrons. The van der Waals surface area contributed by atoms with E-state index in [0.717, 1.165) is 16.8 Å². The van der Waals surface area contributed by atoms with Crippen molar-refractivity contribution in [3.63, 3.8) is 0 Å². The maximum Gasteiger partial charge on any atom is 0.356 e. The van der Waals surface area contributed by atoms with Crippen molar-refractivity contribution < 1.29 is 14.7 Å². The molecule has 0 radical (unpaired) electrons. The number of H-pyrrole nitrogens is 1. The van der Waals surface area contributed by atoms with Gasteiger partial charge in [0.2, 0.25) is 5.65 Å². The molecule has 25 heavy (non-hydrogen) atoms. The first kappa shape index (κ1) is 14.9. The summed E-state index contributed by atoms with van der Waals surface area (Å²) in [4.78, 5) is 41.5. The van der Waals surface area contributed by atoms with Gasteiger partial charge in [-0.1, -0.05) is 6.07 Å². The van der Waals surface area contributed by atoms with E-state index in [2.05, 4.69) is 20.6 Å². The van der Waals surface area contributed by atoms with Gasteiger partial charge in [0.05, 0.1) is 11.4 Å². The summed E-state index contributed by atoms with van der Waals surface area (Å²) in [6.45, 7) is 0. The van der Waals surface area contributed by atoms with E-state index in [1.54, 1.807) is 6.07 Å². The largest absolute Gasteiger partial charge is 0.476 e. The Balaban J connectivity index is 1.85. The molecule has 1 aliphatic rings. The van der Waals surface area contributed by atoms with Crippen LogP contribution in [0.25, 0.3) is 16.9 Å². The SMILES string of the molecule is CNC(=O)Nc1ccc2c(c1)Cc1c-2[nH]c(=O)c2nc(C(=O)O)cn12. The molecule has 0 unspecified atom stereocenters. The summed E-state index contributed by atoms with van der Waals surface area (Å²) in [5, 5.41) is 14.3. The zero-order chi connectivity index (χ0) is 17.7. The molecule has 9 nitrogen and oxygen atoms in total. The summed E-state index contributed by atoms with van der Waals surface area (Å²) in [5.41, 5.74) is 3.17. The van der Waals surface area contributed by atoms with Crippen LogP contribution in [0.1, 0.15) is 21.7 Å². The van der Waals surface area contributed by atoms with Crippen LogP contribution in [-0.2, 0) is 6.42 Å². The second-order valence-electron chi connectivity index (χ2n) is 5.65. The average Bonchev–Trinajstić information content (AvgIpc) is 3.17. The standard InChI is InChI=1S/C16H13N5O4/c1-17-16(25)18-8-2-3-9-7(4-8)5-11-12(9)20-14(22)13-19-10(15(23)24)6-21(11)13/h2-4,6H,5H2,1H3,(H,20,22)(H,23,24)(H2,17,18,25). The number of carboxylic acids is 1. The number of aromatic nitrogens is 3. The van der Waals surface area contributed by atoms with E-state index in [0.29, 0.717) is 17.8 Å². The third-order valence-electron chi connectivity index (χ3n) is 4.16. The number of hydrogen-bond donors (Lipinski definition) is 4. The van der Waals surface area contributed by atoms with Gasteiger partial charge in [0, 0.05) is 30.9 Å². The number of aromatic carboxylic acids is 1. The van der Waals surface area contributed by atoms with E-state index >= 15 is 0 Å². The quantitative estimate of drug-likeness (QED) is 0.434. The van der Waals surface area contributed by atoms with Gasteiger partial charge in [-0.15, -0.1) is 0 Å². The summed E-state index contributed by atoms with van der Waals surface area (Å²) in [7, 11) is 1.53. The third-order valence-corrected chi connectivity index (χ3v) is 4.16. The number of carbonyl (C=O) groups is 2. The highest BCUT2D eigenvalue weighted by atomic mass is 16.4. The third kappa shape index (κ3) is 2.24. The molecule has 0 spiro atoms. The van der Waals surface area contributed by atoms with E-state index in [4.69, 9.17) is 5.11 Å². The van der Waals surface area contributed by atoms with Gasteiger partial charge in [0.25, 0.3) is 5.56 Å². The van der Waals surface area contributed by atoms with Gasteiger partial charge in [-0.2, -0.15) is 0 Å². The molecule has 0 saturated heterocycles. The number of nitrogens with zero attached hydrogens (tertiary/aromatic N) is 2. The van der Waals surface area contributed by atoms with E-state index in [9.17, 15) is 14.4 Å². The fraction of sp³-hybridized carbons (Fsp3) is 0.125. The highest BCUT2D eigenvalue weighted by Gasteiger charge is 2.25. The number of urea groups is 1. The highest BCUT2D eigenvalue weighted by molar-refractivity contribution is 5.90. The van der Waals surface area contributed by atoms with Crippen molar-refractivity contribution in [2.75, 3.05) is 12.4 Å². The number of benzene rings is 1. The van der Waals surface area contributed by atoms with Crippen LogP contribution in [0.15, 0.2) is 29.2 Å². The number of rotatable bonds is 2. The van der Waals surface area contributed by atoms with Crippen LogP contribution in [0.3, 0.4) is 0 Å². The Labute approximate surface area is 140 Å². The number of aromatic amines is 1. The number of fused-ring (bicyclic) bond motifs is 5. The predicted molar refractivity (Wildman–Crippen MR) is 89.1 cm³/mol. The number of hydrogen-bond acceptors (Lipinski definition) is 4. The van der Waals surface area contributed by atoms with Crippen molar-refractivity contribution in [1.29, 1.82) is 0 Å². The smallest absolute Gasteiger partial charge is 0.356 e. The minimum atomic E-state index is -1.19. The predicted octanol–water partition coefficient (Wildman–Crippen LogP) is 1.04. The molecular formula is C16H13N5O4. The molecular weight excluding hydrogens is 326 g/mol. The lowest BCUT2D eigenvalue weighted by Gasteiger charge is -2.06. The molecule has 4 N–H and O–H groups in total. The zero-order valence-electron chi connectivity index (χ0n) is 13.1. The van der Waals surface area contributed by atoms with Crippen molar-refractivity contribution in [2.45, 2.75) is 6.42 Å². The second-order valence-corrected chi connectivity index (χ2v) is 5.65. The molecule has 1 aromatic carbocycles. The van der Waals surface area contributed by atoms with Gasteiger partial charge in [-0.05, 0) is 17.7 Å². The molecule has 2 amide bonds. The first-order chi connectivity index (χ1) is 12.0. The molecule has 0 bridgehead atoms. The maximum atomic E-state index is 12.2. The number of carbonyl (C=O) groups excluding carboxylic acids is 1. The van der Waals surface area contributed by atoms with Crippen LogP contribution < -0.4 is 16.2 Å². The van der Waals surface area contributed by atoms with Crippen LogP contribution in [0, 0.1) is 0 Å². The summed E-state index contributed by atoms with van der Waals surface area (Å²) < 4.78 is 1.52. The van der Waals surface area contributed by atoms with Crippen LogP contribution in [0.4, 0.5) is 10.5 Å². The Kier molecular flexibility index (Phi) is 3.11. The van der Waals surface area contributed by atoms with Crippen LogP contribution in [-0.4, -0.2) is 38.5 Å². The molecule has 0 fully saturated rings. The van der Waals surface area contributed by atoms with E-state index in [1.807, 2.05) is 12.1 Å². The van der Waals surface area contributed by atoms with Crippen LogP contribution in [0.5, 0.6) is 0 Å². The second kappa shape index (κ2) is 5.20. The average molecular weight is 339 g/mol. The van der Waals surface area contributed by atoms with Gasteiger partial charge < -0.3 is 20.7 Å². The first-order valence-electron chi connectivity index (χ1n) is 7.47. The molecule has 0 aliphatic heterocycles. The summed E-state index contributed by atoms with van der Waals surface area (Å²) in [6, 6.07) is 5.04. The summed E-state index contributed by atoms with van der Waals surface area (Å²) in [6.07, 6.45) is 1.83. The Bertz CT molecular complexity index is 1110. The van der Waals surface area contributed by atoms with Gasteiger partial charge in [0.15, 0.2) is 5.69 Å². The lowest BCUT2D eigenvalue weighted by atomic mass is 10.1. The lowest BCUT2D eigenvalue weighted by Crippen LogP contribution is -2.24. The Morgan fingerprint density at radius 3 is 2.88 bits per heavy atom. The fourth-order valence-corrected chi connectivity index (χ4v) is 3.04. The van der Waals surface area contributed by atoms with E-state index < -0.39 is 11.5 Å². The van der Waals surface area contributed by atoms with Gasteiger partial charge in [-0.25, -0.2) is 14.6 Å². The van der Waals surface area contributed by atoms with Crippen LogP contribution >= 0.6 is 0 Å². The molecule has 2 aromatic heterocycles. The number of imidazole rings is 1. The van der Waals surface area contributed by atoms with E-state index in [-0.39, 0.29) is 17.4 Å². The van der Waals surface area contributed by atoms with Crippen molar-refractivity contribution in [3.05, 3.63) is 51.7 Å². The van der Waals surface area contributed by atoms with Crippen LogP contribution in [0.2, 0.25) is 0 Å². The Hall–Kier alpha value is -3.62. The van der Waals surface area contributed by atoms with Gasteiger partial charge in [0.1, 0.15) is 0 Å². The lowest BCUT2D eigenvalue weighted by molar-refractivity contribution is 0.0691. The Morgan fingerprint density at radius 1 is 1.36 bits per heavy atom. The minimum Gasteiger partial charge on any atom is -0.476 e. The molecule has 0 atom stereocenters. The molecule has 9 heteroatoms.